The maximum absolute atomic E-state index is 11.5. The number of carbonyl (C=O) groups excluding carboxylic acids is 1. The minimum Gasteiger partial charge on any atom is -0.453 e. The molecule has 1 aromatic carbocycles. The van der Waals surface area contributed by atoms with Crippen LogP contribution in [0.25, 0.3) is 0 Å². The van der Waals surface area contributed by atoms with Crippen LogP contribution in [0, 0.1) is 0 Å². The zero-order chi connectivity index (χ0) is 13.8. The van der Waals surface area contributed by atoms with E-state index in [-0.39, 0.29) is 12.2 Å². The van der Waals surface area contributed by atoms with Gasteiger partial charge in [-0.3, -0.25) is 0 Å². The molecule has 0 saturated carbocycles. The number of nitrogens with zero attached hydrogens (tertiary/aromatic N) is 2. The molecule has 0 bridgehead atoms. The second kappa shape index (κ2) is 5.93. The van der Waals surface area contributed by atoms with Gasteiger partial charge in [0.05, 0.1) is 20.3 Å². The molecular formula is C14H20N2O3. The number of hydrogen-bond acceptors (Lipinski definition) is 4. The van der Waals surface area contributed by atoms with Gasteiger partial charge < -0.3 is 19.3 Å². The first-order chi connectivity index (χ1) is 9.11. The summed E-state index contributed by atoms with van der Waals surface area (Å²) in [6.45, 7) is 1.65. The first kappa shape index (κ1) is 13.7. The quantitative estimate of drug-likeness (QED) is 0.818. The van der Waals surface area contributed by atoms with E-state index in [1.807, 2.05) is 31.1 Å². The van der Waals surface area contributed by atoms with Crippen LogP contribution >= 0.6 is 0 Å². The van der Waals surface area contributed by atoms with E-state index in [0.717, 1.165) is 11.3 Å². The molecule has 1 atom stereocenters. The van der Waals surface area contributed by atoms with Crippen molar-refractivity contribution in [2.45, 2.75) is 6.10 Å². The van der Waals surface area contributed by atoms with Gasteiger partial charge in [0, 0.05) is 26.3 Å². The predicted octanol–water partition coefficient (Wildman–Crippen LogP) is 1.89. The third kappa shape index (κ3) is 3.17. The molecule has 1 aliphatic heterocycles. The fourth-order valence-corrected chi connectivity index (χ4v) is 2.13. The molecule has 1 amide bonds. The van der Waals surface area contributed by atoms with Crippen molar-refractivity contribution in [2.24, 2.45) is 0 Å². The molecule has 5 nitrogen and oxygen atoms in total. The number of hydrogen-bond donors (Lipinski definition) is 0. The fourth-order valence-electron chi connectivity index (χ4n) is 2.13. The molecule has 104 valence electrons. The third-order valence-electron chi connectivity index (χ3n) is 3.28. The van der Waals surface area contributed by atoms with Crippen molar-refractivity contribution < 1.29 is 14.3 Å². The summed E-state index contributed by atoms with van der Waals surface area (Å²) in [4.78, 5) is 15.3. The Labute approximate surface area is 113 Å². The molecule has 0 aliphatic carbocycles. The number of morpholine rings is 1. The van der Waals surface area contributed by atoms with Gasteiger partial charge in [-0.1, -0.05) is 12.1 Å². The van der Waals surface area contributed by atoms with Crippen molar-refractivity contribution in [3.8, 4) is 0 Å². The van der Waals surface area contributed by atoms with E-state index in [0.29, 0.717) is 19.7 Å². The van der Waals surface area contributed by atoms with Crippen LogP contribution in [0.1, 0.15) is 11.7 Å². The van der Waals surface area contributed by atoms with Gasteiger partial charge in [-0.25, -0.2) is 4.79 Å². The molecule has 1 fully saturated rings. The minimum absolute atomic E-state index is 0.0796. The lowest BCUT2D eigenvalue weighted by Crippen LogP contribution is -2.42. The Morgan fingerprint density at radius 1 is 1.37 bits per heavy atom. The summed E-state index contributed by atoms with van der Waals surface area (Å²) >= 11 is 0. The largest absolute Gasteiger partial charge is 0.453 e. The van der Waals surface area contributed by atoms with Gasteiger partial charge in [-0.2, -0.15) is 0 Å². The first-order valence-corrected chi connectivity index (χ1v) is 6.33. The SMILES string of the molecule is COC(=O)N1CCOC(c2ccc(N(C)C)cc2)C1. The average Bonchev–Trinajstić information content (AvgIpc) is 2.46. The molecule has 0 N–H and O–H groups in total. The van der Waals surface area contributed by atoms with Crippen LogP contribution < -0.4 is 4.90 Å². The number of ether oxygens (including phenoxy) is 2. The van der Waals surface area contributed by atoms with Crippen LogP contribution in [0.4, 0.5) is 10.5 Å². The molecule has 1 saturated heterocycles. The molecule has 0 aromatic heterocycles. The molecule has 1 heterocycles. The Bertz CT molecular complexity index is 431. The topological polar surface area (TPSA) is 42.0 Å². The van der Waals surface area contributed by atoms with Crippen LogP contribution in [0.15, 0.2) is 24.3 Å². The normalized spacial score (nSPS) is 19.1. The minimum atomic E-state index is -0.293. The van der Waals surface area contributed by atoms with Crippen LogP contribution in [0.2, 0.25) is 0 Å². The van der Waals surface area contributed by atoms with E-state index in [2.05, 4.69) is 12.1 Å². The van der Waals surface area contributed by atoms with Gasteiger partial charge >= 0.3 is 6.09 Å². The van der Waals surface area contributed by atoms with Crippen molar-refractivity contribution in [1.29, 1.82) is 0 Å². The predicted molar refractivity (Wildman–Crippen MR) is 73.4 cm³/mol. The average molecular weight is 264 g/mol. The van der Waals surface area contributed by atoms with Crippen molar-refractivity contribution in [3.05, 3.63) is 29.8 Å². The van der Waals surface area contributed by atoms with Crippen LogP contribution in [0.3, 0.4) is 0 Å². The Morgan fingerprint density at radius 2 is 2.05 bits per heavy atom. The lowest BCUT2D eigenvalue weighted by Gasteiger charge is -2.32. The second-order valence-electron chi connectivity index (χ2n) is 4.76. The summed E-state index contributed by atoms with van der Waals surface area (Å²) in [5.41, 5.74) is 2.23. The smallest absolute Gasteiger partial charge is 0.409 e. The molecule has 0 spiro atoms. The summed E-state index contributed by atoms with van der Waals surface area (Å²) in [5.74, 6) is 0. The van der Waals surface area contributed by atoms with Crippen molar-refractivity contribution in [1.82, 2.24) is 4.90 Å². The van der Waals surface area contributed by atoms with Crippen molar-refractivity contribution in [3.63, 3.8) is 0 Å². The number of carbonyl (C=O) groups is 1. The van der Waals surface area contributed by atoms with Crippen LogP contribution in [-0.2, 0) is 9.47 Å². The molecule has 19 heavy (non-hydrogen) atoms. The van der Waals surface area contributed by atoms with Crippen LogP contribution in [-0.4, -0.2) is 51.9 Å². The van der Waals surface area contributed by atoms with Crippen molar-refractivity contribution >= 4 is 11.8 Å². The van der Waals surface area contributed by atoms with Crippen molar-refractivity contribution in [2.75, 3.05) is 45.8 Å². The van der Waals surface area contributed by atoms with E-state index < -0.39 is 0 Å². The highest BCUT2D eigenvalue weighted by atomic mass is 16.5. The van der Waals surface area contributed by atoms with Gasteiger partial charge in [0.1, 0.15) is 6.10 Å². The number of anilines is 1. The summed E-state index contributed by atoms with van der Waals surface area (Å²) in [7, 11) is 5.41. The maximum atomic E-state index is 11.5. The fraction of sp³-hybridized carbons (Fsp3) is 0.500. The first-order valence-electron chi connectivity index (χ1n) is 6.33. The second-order valence-corrected chi connectivity index (χ2v) is 4.76. The van der Waals surface area contributed by atoms with E-state index in [1.165, 1.54) is 7.11 Å². The summed E-state index contributed by atoms with van der Waals surface area (Å²) in [6.07, 6.45) is -0.373. The van der Waals surface area contributed by atoms with E-state index in [9.17, 15) is 4.79 Å². The van der Waals surface area contributed by atoms with Gasteiger partial charge in [0.25, 0.3) is 0 Å². The monoisotopic (exact) mass is 264 g/mol. The molecule has 1 unspecified atom stereocenters. The molecule has 0 radical (unpaired) electrons. The highest BCUT2D eigenvalue weighted by Gasteiger charge is 2.25. The van der Waals surface area contributed by atoms with Gasteiger partial charge in [0.2, 0.25) is 0 Å². The number of methoxy groups -OCH3 is 1. The lowest BCUT2D eigenvalue weighted by atomic mass is 10.1. The number of rotatable bonds is 2. The molecule has 5 heteroatoms. The highest BCUT2D eigenvalue weighted by Crippen LogP contribution is 2.24. The molecule has 2 rings (SSSR count). The molecule has 1 aromatic rings. The van der Waals surface area contributed by atoms with Crippen LogP contribution in [0.5, 0.6) is 0 Å². The van der Waals surface area contributed by atoms with Gasteiger partial charge in [-0.05, 0) is 17.7 Å². The zero-order valence-corrected chi connectivity index (χ0v) is 11.6. The van der Waals surface area contributed by atoms with Gasteiger partial charge in [0.15, 0.2) is 0 Å². The number of amides is 1. The Balaban J connectivity index is 2.06. The Kier molecular flexibility index (Phi) is 4.27. The Morgan fingerprint density at radius 3 is 2.63 bits per heavy atom. The third-order valence-corrected chi connectivity index (χ3v) is 3.28. The maximum Gasteiger partial charge on any atom is 0.409 e. The summed E-state index contributed by atoms with van der Waals surface area (Å²) < 4.78 is 10.5. The lowest BCUT2D eigenvalue weighted by molar-refractivity contribution is -0.0258. The standard InChI is InChI=1S/C14H20N2O3/c1-15(2)12-6-4-11(5-7-12)13-10-16(8-9-19-13)14(17)18-3/h4-7,13H,8-10H2,1-3H3. The summed E-state index contributed by atoms with van der Waals surface area (Å²) in [5, 5.41) is 0. The number of benzene rings is 1. The molecular weight excluding hydrogens is 244 g/mol. The molecule has 1 aliphatic rings. The zero-order valence-electron chi connectivity index (χ0n) is 11.6. The summed E-state index contributed by atoms with van der Waals surface area (Å²) in [6, 6.07) is 8.19. The van der Waals surface area contributed by atoms with E-state index >= 15 is 0 Å². The van der Waals surface area contributed by atoms with E-state index in [4.69, 9.17) is 9.47 Å². The Hall–Kier alpha value is -1.75. The van der Waals surface area contributed by atoms with Gasteiger partial charge in [-0.15, -0.1) is 0 Å². The van der Waals surface area contributed by atoms with E-state index in [1.54, 1.807) is 4.90 Å². The highest BCUT2D eigenvalue weighted by molar-refractivity contribution is 5.67.